The second-order valence-electron chi connectivity index (χ2n) is 2.36. The van der Waals surface area contributed by atoms with E-state index in [4.69, 9.17) is 5.41 Å². The van der Waals surface area contributed by atoms with E-state index in [1.807, 2.05) is 6.92 Å². The molecule has 0 heterocycles. The lowest BCUT2D eigenvalue weighted by molar-refractivity contribution is -0.141. The van der Waals surface area contributed by atoms with Gasteiger partial charge in [0.05, 0.1) is 13.5 Å². The first-order valence-corrected chi connectivity index (χ1v) is 3.19. The van der Waals surface area contributed by atoms with Crippen LogP contribution in [0.2, 0.25) is 0 Å². The fourth-order valence-corrected chi connectivity index (χ4v) is 0.486. The average Bonchev–Trinajstić information content (AvgIpc) is 1.87. The van der Waals surface area contributed by atoms with Crippen LogP contribution in [0.25, 0.3) is 0 Å². The van der Waals surface area contributed by atoms with Crippen molar-refractivity contribution in [1.82, 2.24) is 0 Å². The fourth-order valence-electron chi connectivity index (χ4n) is 0.486. The summed E-state index contributed by atoms with van der Waals surface area (Å²) in [5, 5.41) is 7.16. The molecule has 66 valence electrons. The Hall–Kier alpha value is -0.570. The lowest BCUT2D eigenvalue weighted by Crippen LogP contribution is -2.12. The molecular formula is C7H14ClNO2. The maximum absolute atomic E-state index is 10.6. The summed E-state index contributed by atoms with van der Waals surface area (Å²) in [4.78, 5) is 10.6. The number of carbonyl (C=O) groups is 1. The van der Waals surface area contributed by atoms with Gasteiger partial charge in [0.15, 0.2) is 0 Å². The molecule has 4 heteroatoms. The molecule has 3 nitrogen and oxygen atoms in total. The van der Waals surface area contributed by atoms with Crippen LogP contribution in [0.4, 0.5) is 0 Å². The van der Waals surface area contributed by atoms with Gasteiger partial charge in [-0.25, -0.2) is 0 Å². The normalized spacial score (nSPS) is 11.2. The third-order valence-corrected chi connectivity index (χ3v) is 1.44. The van der Waals surface area contributed by atoms with Crippen LogP contribution in [0.15, 0.2) is 0 Å². The number of carbonyl (C=O) groups excluding carboxylic acids is 1. The summed E-state index contributed by atoms with van der Waals surface area (Å²) in [7, 11) is 1.36. The van der Waals surface area contributed by atoms with Crippen molar-refractivity contribution in [2.45, 2.75) is 20.3 Å². The quantitative estimate of drug-likeness (QED) is 0.529. The highest BCUT2D eigenvalue weighted by Gasteiger charge is 2.09. The van der Waals surface area contributed by atoms with Crippen molar-refractivity contribution >= 4 is 24.1 Å². The molecule has 0 aliphatic heterocycles. The second-order valence-corrected chi connectivity index (χ2v) is 2.36. The number of nitrogens with one attached hydrogen (secondary N) is 1. The summed E-state index contributed by atoms with van der Waals surface area (Å²) in [6, 6.07) is 0. The van der Waals surface area contributed by atoms with Gasteiger partial charge >= 0.3 is 5.97 Å². The van der Waals surface area contributed by atoms with Crippen LogP contribution in [-0.2, 0) is 9.53 Å². The molecule has 0 spiro atoms. The van der Waals surface area contributed by atoms with Crippen molar-refractivity contribution in [3.8, 4) is 0 Å². The van der Waals surface area contributed by atoms with Crippen molar-refractivity contribution in [3.63, 3.8) is 0 Å². The fraction of sp³-hybridized carbons (Fsp3) is 0.714. The molecule has 0 aromatic carbocycles. The van der Waals surface area contributed by atoms with Crippen LogP contribution in [0.3, 0.4) is 0 Å². The number of esters is 1. The molecule has 0 fully saturated rings. The summed E-state index contributed by atoms with van der Waals surface area (Å²) in [6.45, 7) is 3.52. The van der Waals surface area contributed by atoms with Crippen molar-refractivity contribution in [2.24, 2.45) is 5.92 Å². The minimum atomic E-state index is -0.251. The number of rotatable bonds is 3. The van der Waals surface area contributed by atoms with Gasteiger partial charge in [-0.2, -0.15) is 0 Å². The van der Waals surface area contributed by atoms with Gasteiger partial charge in [-0.1, -0.05) is 6.92 Å². The molecule has 0 bridgehead atoms. The molecule has 1 atom stereocenters. The van der Waals surface area contributed by atoms with E-state index < -0.39 is 0 Å². The maximum Gasteiger partial charge on any atom is 0.306 e. The number of halogens is 1. The van der Waals surface area contributed by atoms with Crippen molar-refractivity contribution in [3.05, 3.63) is 0 Å². The van der Waals surface area contributed by atoms with E-state index in [0.29, 0.717) is 12.1 Å². The maximum atomic E-state index is 10.6. The highest BCUT2D eigenvalue weighted by atomic mass is 35.5. The number of hydrogen-bond donors (Lipinski definition) is 1. The molecule has 1 N–H and O–H groups in total. The largest absolute Gasteiger partial charge is 0.469 e. The smallest absolute Gasteiger partial charge is 0.306 e. The van der Waals surface area contributed by atoms with Gasteiger partial charge in [-0.3, -0.25) is 4.79 Å². The average molecular weight is 180 g/mol. The summed E-state index contributed by atoms with van der Waals surface area (Å²) in [5.74, 6) is -0.244. The van der Waals surface area contributed by atoms with E-state index in [2.05, 4.69) is 4.74 Å². The molecule has 0 aromatic heterocycles. The van der Waals surface area contributed by atoms with Gasteiger partial charge in [0.25, 0.3) is 0 Å². The first-order valence-electron chi connectivity index (χ1n) is 3.19. The Labute approximate surface area is 73.0 Å². The molecule has 0 unspecified atom stereocenters. The first kappa shape index (κ1) is 13.1. The molecular weight excluding hydrogens is 166 g/mol. The van der Waals surface area contributed by atoms with Crippen LogP contribution in [0.5, 0.6) is 0 Å². The first-order chi connectivity index (χ1) is 4.57. The van der Waals surface area contributed by atoms with Gasteiger partial charge in [-0.15, -0.1) is 12.4 Å². The van der Waals surface area contributed by atoms with E-state index in [1.165, 1.54) is 7.11 Å². The van der Waals surface area contributed by atoms with Gasteiger partial charge in [0, 0.05) is 11.6 Å². The third kappa shape index (κ3) is 5.85. The van der Waals surface area contributed by atoms with Crippen molar-refractivity contribution in [2.75, 3.05) is 7.11 Å². The van der Waals surface area contributed by atoms with Crippen LogP contribution in [-0.4, -0.2) is 18.8 Å². The van der Waals surface area contributed by atoms with E-state index in [1.54, 1.807) is 6.92 Å². The number of methoxy groups -OCH3 is 1. The van der Waals surface area contributed by atoms with Gasteiger partial charge in [0.2, 0.25) is 0 Å². The molecule has 0 saturated heterocycles. The third-order valence-electron chi connectivity index (χ3n) is 1.44. The Morgan fingerprint density at radius 3 is 2.36 bits per heavy atom. The predicted molar refractivity (Wildman–Crippen MR) is 46.4 cm³/mol. The number of hydrogen-bond acceptors (Lipinski definition) is 3. The Bertz CT molecular complexity index is 147. The van der Waals surface area contributed by atoms with Gasteiger partial charge < -0.3 is 10.1 Å². The highest BCUT2D eigenvalue weighted by Crippen LogP contribution is 2.03. The molecule has 0 amide bonds. The predicted octanol–water partition coefficient (Wildman–Crippen LogP) is 1.65. The summed E-state index contributed by atoms with van der Waals surface area (Å²) in [6.07, 6.45) is 0.311. The minimum Gasteiger partial charge on any atom is -0.469 e. The zero-order valence-corrected chi connectivity index (χ0v) is 7.83. The summed E-state index contributed by atoms with van der Waals surface area (Å²) >= 11 is 0. The molecule has 0 aromatic rings. The second kappa shape index (κ2) is 6.16. The van der Waals surface area contributed by atoms with Crippen LogP contribution in [0, 0.1) is 11.3 Å². The van der Waals surface area contributed by atoms with Crippen molar-refractivity contribution in [1.29, 1.82) is 5.41 Å². The van der Waals surface area contributed by atoms with E-state index in [9.17, 15) is 4.79 Å². The molecule has 0 radical (unpaired) electrons. The minimum absolute atomic E-state index is 0. The van der Waals surface area contributed by atoms with E-state index >= 15 is 0 Å². The van der Waals surface area contributed by atoms with Crippen molar-refractivity contribution < 1.29 is 9.53 Å². The number of ether oxygens (including phenoxy) is 1. The van der Waals surface area contributed by atoms with E-state index in [0.717, 1.165) is 0 Å². The lowest BCUT2D eigenvalue weighted by Gasteiger charge is -2.06. The SMILES string of the molecule is COC(=O)C[C@@H](C)C(C)=N.Cl. The Morgan fingerprint density at radius 1 is 1.64 bits per heavy atom. The van der Waals surface area contributed by atoms with Crippen LogP contribution >= 0.6 is 12.4 Å². The van der Waals surface area contributed by atoms with Crippen LogP contribution < -0.4 is 0 Å². The highest BCUT2D eigenvalue weighted by molar-refractivity contribution is 5.85. The molecule has 0 aliphatic rings. The Morgan fingerprint density at radius 2 is 2.09 bits per heavy atom. The molecule has 11 heavy (non-hydrogen) atoms. The zero-order valence-electron chi connectivity index (χ0n) is 7.01. The Balaban J connectivity index is 0. The lowest BCUT2D eigenvalue weighted by atomic mass is 10.0. The molecule has 0 rings (SSSR count). The summed E-state index contributed by atoms with van der Waals surface area (Å²) in [5.41, 5.74) is 0.519. The Kier molecular flexibility index (Phi) is 7.31. The molecule has 0 saturated carbocycles. The van der Waals surface area contributed by atoms with E-state index in [-0.39, 0.29) is 24.3 Å². The summed E-state index contributed by atoms with van der Waals surface area (Å²) < 4.78 is 4.44. The standard InChI is InChI=1S/C7H13NO2.ClH/c1-5(6(2)8)4-7(9)10-3;/h5,8H,4H2,1-3H3;1H/t5-;/m1./s1. The van der Waals surface area contributed by atoms with Gasteiger partial charge in [0.1, 0.15) is 0 Å². The zero-order chi connectivity index (χ0) is 8.15. The van der Waals surface area contributed by atoms with Gasteiger partial charge in [-0.05, 0) is 6.92 Å². The topological polar surface area (TPSA) is 50.2 Å². The van der Waals surface area contributed by atoms with Crippen LogP contribution in [0.1, 0.15) is 20.3 Å². The molecule has 0 aliphatic carbocycles. The monoisotopic (exact) mass is 179 g/mol.